The molecule has 3 aromatic rings. The predicted molar refractivity (Wildman–Crippen MR) is 121 cm³/mol. The summed E-state index contributed by atoms with van der Waals surface area (Å²) in [5.41, 5.74) is 1.57. The molecule has 0 N–H and O–H groups in total. The highest BCUT2D eigenvalue weighted by Gasteiger charge is 2.31. The SMILES string of the molecule is O=C1c2ccc(Oc3c(Cl)cc([N+](=O)[O-])cc3Cl)cc2CCN1Cc1ccc(OC(F)(F)F)cc1. The Morgan fingerprint density at radius 3 is 2.23 bits per heavy atom. The van der Waals surface area contributed by atoms with Gasteiger partial charge in [-0.2, -0.15) is 0 Å². The fourth-order valence-corrected chi connectivity index (χ4v) is 4.16. The molecule has 0 aliphatic carbocycles. The van der Waals surface area contributed by atoms with Gasteiger partial charge in [-0.05, 0) is 47.9 Å². The Balaban J connectivity index is 1.47. The average molecular weight is 527 g/mol. The van der Waals surface area contributed by atoms with Gasteiger partial charge >= 0.3 is 6.36 Å². The molecule has 4 rings (SSSR count). The number of nitrogens with zero attached hydrogens (tertiary/aromatic N) is 2. The molecule has 0 spiro atoms. The Hall–Kier alpha value is -3.50. The molecule has 0 saturated carbocycles. The largest absolute Gasteiger partial charge is 0.573 e. The van der Waals surface area contributed by atoms with Gasteiger partial charge in [0.2, 0.25) is 0 Å². The summed E-state index contributed by atoms with van der Waals surface area (Å²) in [6, 6.07) is 12.4. The van der Waals surface area contributed by atoms with Crippen molar-refractivity contribution >= 4 is 34.8 Å². The van der Waals surface area contributed by atoms with Crippen molar-refractivity contribution in [3.05, 3.63) is 91.4 Å². The van der Waals surface area contributed by atoms with Crippen LogP contribution in [0, 0.1) is 10.1 Å². The molecule has 1 aliphatic rings. The first-order valence-corrected chi connectivity index (χ1v) is 10.8. The zero-order valence-corrected chi connectivity index (χ0v) is 19.2. The van der Waals surface area contributed by atoms with Crippen LogP contribution in [0.15, 0.2) is 54.6 Å². The van der Waals surface area contributed by atoms with Crippen molar-refractivity contribution in [1.29, 1.82) is 0 Å². The lowest BCUT2D eigenvalue weighted by Crippen LogP contribution is -2.37. The molecule has 0 aromatic heterocycles. The molecule has 182 valence electrons. The minimum atomic E-state index is -4.77. The first-order chi connectivity index (χ1) is 16.5. The van der Waals surface area contributed by atoms with Crippen LogP contribution in [-0.2, 0) is 13.0 Å². The van der Waals surface area contributed by atoms with Crippen molar-refractivity contribution in [2.24, 2.45) is 0 Å². The summed E-state index contributed by atoms with van der Waals surface area (Å²) in [6.07, 6.45) is -4.26. The highest BCUT2D eigenvalue weighted by atomic mass is 35.5. The number of non-ortho nitro benzene ring substituents is 1. The van der Waals surface area contributed by atoms with E-state index in [-0.39, 0.29) is 39.7 Å². The quantitative estimate of drug-likeness (QED) is 0.261. The van der Waals surface area contributed by atoms with Crippen molar-refractivity contribution in [3.8, 4) is 17.2 Å². The lowest BCUT2D eigenvalue weighted by Gasteiger charge is -2.29. The molecular formula is C23H15Cl2F3N2O5. The van der Waals surface area contributed by atoms with E-state index in [9.17, 15) is 28.1 Å². The van der Waals surface area contributed by atoms with E-state index in [1.165, 1.54) is 24.3 Å². The molecule has 1 aliphatic heterocycles. The Morgan fingerprint density at radius 2 is 1.63 bits per heavy atom. The van der Waals surface area contributed by atoms with Gasteiger partial charge in [-0.15, -0.1) is 13.2 Å². The topological polar surface area (TPSA) is 81.9 Å². The number of carbonyl (C=O) groups is 1. The Bertz CT molecular complexity index is 1280. The summed E-state index contributed by atoms with van der Waals surface area (Å²) in [7, 11) is 0. The van der Waals surface area contributed by atoms with E-state index in [0.29, 0.717) is 29.8 Å². The van der Waals surface area contributed by atoms with Crippen LogP contribution in [-0.4, -0.2) is 28.6 Å². The normalized spacial score (nSPS) is 13.4. The number of ether oxygens (including phenoxy) is 2. The third-order valence-electron chi connectivity index (χ3n) is 5.19. The Morgan fingerprint density at radius 1 is 1.00 bits per heavy atom. The Labute approximate surface area is 206 Å². The third-order valence-corrected chi connectivity index (χ3v) is 5.75. The fraction of sp³-hybridized carbons (Fsp3) is 0.174. The maximum absolute atomic E-state index is 13.0. The zero-order chi connectivity index (χ0) is 25.3. The number of hydrogen-bond donors (Lipinski definition) is 0. The molecule has 0 radical (unpaired) electrons. The molecule has 0 fully saturated rings. The maximum atomic E-state index is 13.0. The second-order valence-corrected chi connectivity index (χ2v) is 8.40. The number of nitro groups is 1. The second kappa shape index (κ2) is 9.63. The third kappa shape index (κ3) is 5.77. The van der Waals surface area contributed by atoms with E-state index >= 15 is 0 Å². The summed E-state index contributed by atoms with van der Waals surface area (Å²) in [4.78, 5) is 24.9. The van der Waals surface area contributed by atoms with Gasteiger partial charge in [-0.1, -0.05) is 35.3 Å². The summed E-state index contributed by atoms with van der Waals surface area (Å²) in [5, 5.41) is 10.9. The Kier molecular flexibility index (Phi) is 6.77. The number of halogens is 5. The van der Waals surface area contributed by atoms with E-state index in [1.807, 2.05) is 0 Å². The van der Waals surface area contributed by atoms with Gasteiger partial charge in [0.05, 0.1) is 15.0 Å². The zero-order valence-electron chi connectivity index (χ0n) is 17.6. The minimum absolute atomic E-state index is 0.0316. The van der Waals surface area contributed by atoms with Crippen molar-refractivity contribution in [3.63, 3.8) is 0 Å². The van der Waals surface area contributed by atoms with Crippen LogP contribution < -0.4 is 9.47 Å². The number of alkyl halides is 3. The van der Waals surface area contributed by atoms with Gasteiger partial charge in [0.15, 0.2) is 5.75 Å². The van der Waals surface area contributed by atoms with Gasteiger partial charge in [-0.25, -0.2) is 0 Å². The number of benzene rings is 3. The van der Waals surface area contributed by atoms with Gasteiger partial charge in [0.1, 0.15) is 11.5 Å². The first-order valence-electron chi connectivity index (χ1n) is 10.1. The number of fused-ring (bicyclic) bond motifs is 1. The van der Waals surface area contributed by atoms with Gasteiger partial charge in [-0.3, -0.25) is 14.9 Å². The van der Waals surface area contributed by atoms with E-state index in [0.717, 1.165) is 17.7 Å². The van der Waals surface area contributed by atoms with Gasteiger partial charge < -0.3 is 14.4 Å². The van der Waals surface area contributed by atoms with E-state index in [2.05, 4.69) is 4.74 Å². The molecule has 12 heteroatoms. The fourth-order valence-electron chi connectivity index (χ4n) is 3.61. The molecule has 3 aromatic carbocycles. The lowest BCUT2D eigenvalue weighted by atomic mass is 9.98. The first kappa shape index (κ1) is 24.6. The highest BCUT2D eigenvalue weighted by molar-refractivity contribution is 6.37. The molecule has 1 heterocycles. The molecule has 7 nitrogen and oxygen atoms in total. The molecule has 1 amide bonds. The number of amides is 1. The lowest BCUT2D eigenvalue weighted by molar-refractivity contribution is -0.384. The standard InChI is InChI=1S/C23H15Cl2F3N2O5/c24-19-10-15(30(32)33)11-20(25)21(19)34-17-5-6-18-14(9-17)7-8-29(22(18)31)12-13-1-3-16(4-2-13)35-23(26,27)28/h1-6,9-11H,7-8,12H2. The highest BCUT2D eigenvalue weighted by Crippen LogP contribution is 2.40. The maximum Gasteiger partial charge on any atom is 0.573 e. The predicted octanol–water partition coefficient (Wildman–Crippen LogP) is 6.79. The number of carbonyl (C=O) groups excluding carboxylic acids is 1. The van der Waals surface area contributed by atoms with Crippen LogP contribution in [0.4, 0.5) is 18.9 Å². The minimum Gasteiger partial charge on any atom is -0.454 e. The summed E-state index contributed by atoms with van der Waals surface area (Å²) in [5.74, 6) is -0.166. The van der Waals surface area contributed by atoms with Crippen molar-refractivity contribution in [1.82, 2.24) is 4.90 Å². The summed E-state index contributed by atoms with van der Waals surface area (Å²) in [6.45, 7) is 0.603. The molecular weight excluding hydrogens is 512 g/mol. The van der Waals surface area contributed by atoms with Gasteiger partial charge in [0.25, 0.3) is 11.6 Å². The van der Waals surface area contributed by atoms with E-state index < -0.39 is 11.3 Å². The van der Waals surface area contributed by atoms with Crippen molar-refractivity contribution in [2.45, 2.75) is 19.3 Å². The summed E-state index contributed by atoms with van der Waals surface area (Å²) >= 11 is 12.2. The summed E-state index contributed by atoms with van der Waals surface area (Å²) < 4.78 is 46.6. The number of rotatable bonds is 6. The van der Waals surface area contributed by atoms with Crippen LogP contribution in [0.5, 0.6) is 17.2 Å². The van der Waals surface area contributed by atoms with E-state index in [1.54, 1.807) is 23.1 Å². The molecule has 35 heavy (non-hydrogen) atoms. The van der Waals surface area contributed by atoms with Gasteiger partial charge in [0, 0.05) is 30.8 Å². The van der Waals surface area contributed by atoms with E-state index in [4.69, 9.17) is 27.9 Å². The smallest absolute Gasteiger partial charge is 0.454 e. The molecule has 0 atom stereocenters. The van der Waals surface area contributed by atoms with Crippen LogP contribution >= 0.6 is 23.2 Å². The molecule has 0 unspecified atom stereocenters. The molecule has 0 saturated heterocycles. The van der Waals surface area contributed by atoms with Crippen LogP contribution in [0.1, 0.15) is 21.5 Å². The number of nitro benzene ring substituents is 1. The van der Waals surface area contributed by atoms with Crippen LogP contribution in [0.25, 0.3) is 0 Å². The average Bonchev–Trinajstić information content (AvgIpc) is 2.78. The monoisotopic (exact) mass is 526 g/mol. The molecule has 0 bridgehead atoms. The van der Waals surface area contributed by atoms with Crippen LogP contribution in [0.2, 0.25) is 10.0 Å². The van der Waals surface area contributed by atoms with Crippen molar-refractivity contribution in [2.75, 3.05) is 6.54 Å². The van der Waals surface area contributed by atoms with Crippen molar-refractivity contribution < 1.29 is 32.4 Å². The van der Waals surface area contributed by atoms with Crippen LogP contribution in [0.3, 0.4) is 0 Å². The second-order valence-electron chi connectivity index (χ2n) is 7.59. The number of hydrogen-bond acceptors (Lipinski definition) is 5.